The first-order valence-electron chi connectivity index (χ1n) is 9.56. The molecule has 0 bridgehead atoms. The molecule has 8 heteroatoms. The molecule has 1 heterocycles. The number of aryl methyl sites for hydroxylation is 2. The van der Waals surface area contributed by atoms with E-state index in [0.29, 0.717) is 12.8 Å². The van der Waals surface area contributed by atoms with Gasteiger partial charge in [-0.2, -0.15) is 4.31 Å². The van der Waals surface area contributed by atoms with Crippen LogP contribution in [-0.2, 0) is 21.2 Å². The molecule has 1 aliphatic heterocycles. The Kier molecular flexibility index (Phi) is 6.64. The maximum absolute atomic E-state index is 13.9. The van der Waals surface area contributed by atoms with Crippen LogP contribution in [0.1, 0.15) is 24.0 Å². The molecule has 1 aliphatic rings. The van der Waals surface area contributed by atoms with E-state index in [1.54, 1.807) is 4.90 Å². The van der Waals surface area contributed by atoms with Crippen LogP contribution in [-0.4, -0.2) is 49.7 Å². The summed E-state index contributed by atoms with van der Waals surface area (Å²) in [6, 6.07) is 11.1. The average Bonchev–Trinajstić information content (AvgIpc) is 2.69. The van der Waals surface area contributed by atoms with Crippen molar-refractivity contribution in [1.29, 1.82) is 0 Å². The van der Waals surface area contributed by atoms with Gasteiger partial charge < -0.3 is 4.90 Å². The van der Waals surface area contributed by atoms with Gasteiger partial charge in [-0.3, -0.25) is 4.79 Å². The molecule has 29 heavy (non-hydrogen) atoms. The number of carbonyl (C=O) groups excluding carboxylic acids is 1. The summed E-state index contributed by atoms with van der Waals surface area (Å²) >= 11 is 0. The van der Waals surface area contributed by atoms with Gasteiger partial charge in [0.25, 0.3) is 0 Å². The van der Waals surface area contributed by atoms with Crippen LogP contribution in [0.15, 0.2) is 47.4 Å². The summed E-state index contributed by atoms with van der Waals surface area (Å²) < 4.78 is 54.0. The second-order valence-corrected chi connectivity index (χ2v) is 9.05. The van der Waals surface area contributed by atoms with Crippen molar-refractivity contribution in [2.45, 2.75) is 31.1 Å². The third-order valence-corrected chi connectivity index (χ3v) is 7.04. The van der Waals surface area contributed by atoms with Crippen molar-refractivity contribution in [1.82, 2.24) is 9.21 Å². The van der Waals surface area contributed by atoms with Gasteiger partial charge in [0.1, 0.15) is 11.6 Å². The van der Waals surface area contributed by atoms with Crippen molar-refractivity contribution >= 4 is 15.9 Å². The first-order valence-corrected chi connectivity index (χ1v) is 11.0. The maximum Gasteiger partial charge on any atom is 0.249 e. The average molecular weight is 422 g/mol. The van der Waals surface area contributed by atoms with Crippen molar-refractivity contribution in [2.24, 2.45) is 0 Å². The van der Waals surface area contributed by atoms with Gasteiger partial charge in [-0.25, -0.2) is 17.2 Å². The molecule has 2 aromatic carbocycles. The van der Waals surface area contributed by atoms with E-state index in [-0.39, 0.29) is 32.1 Å². The minimum absolute atomic E-state index is 0.0137. The minimum atomic E-state index is -4.28. The fourth-order valence-corrected chi connectivity index (χ4v) is 4.92. The first-order chi connectivity index (χ1) is 13.8. The second-order valence-electron chi connectivity index (χ2n) is 7.17. The summed E-state index contributed by atoms with van der Waals surface area (Å²) in [6.07, 6.45) is 1.89. The van der Waals surface area contributed by atoms with Crippen molar-refractivity contribution in [3.63, 3.8) is 0 Å². The number of piperazine rings is 1. The lowest BCUT2D eigenvalue weighted by Gasteiger charge is -2.34. The zero-order chi connectivity index (χ0) is 21.0. The highest BCUT2D eigenvalue weighted by Crippen LogP contribution is 2.23. The molecule has 156 valence electrons. The van der Waals surface area contributed by atoms with Crippen molar-refractivity contribution in [3.8, 4) is 0 Å². The molecule has 0 spiro atoms. The minimum Gasteiger partial charge on any atom is -0.340 e. The third kappa shape index (κ3) is 5.00. The van der Waals surface area contributed by atoms with Gasteiger partial charge in [-0.05, 0) is 37.5 Å². The van der Waals surface area contributed by atoms with E-state index in [0.717, 1.165) is 28.9 Å². The topological polar surface area (TPSA) is 57.7 Å². The second kappa shape index (κ2) is 9.00. The molecule has 0 aliphatic carbocycles. The molecule has 1 fully saturated rings. The Balaban J connectivity index is 1.53. The molecule has 0 N–H and O–H groups in total. The number of benzene rings is 2. The Bertz CT molecular complexity index is 950. The number of nitrogens with zero attached hydrogens (tertiary/aromatic N) is 2. The summed E-state index contributed by atoms with van der Waals surface area (Å²) in [5, 5.41) is 0. The fraction of sp³-hybridized carbons (Fsp3) is 0.381. The molecule has 0 aromatic heterocycles. The Labute approximate surface area is 170 Å². The van der Waals surface area contributed by atoms with E-state index >= 15 is 0 Å². The molecular formula is C21H24F2N2O3S. The molecule has 0 unspecified atom stereocenters. The SMILES string of the molecule is Cc1ccc(CCCC(=O)N2CCN(S(=O)(=O)c3c(F)cccc3F)CC2)cc1. The third-order valence-electron chi connectivity index (χ3n) is 5.08. The number of rotatable bonds is 6. The zero-order valence-corrected chi connectivity index (χ0v) is 17.1. The molecule has 1 saturated heterocycles. The van der Waals surface area contributed by atoms with Crippen molar-refractivity contribution in [2.75, 3.05) is 26.2 Å². The van der Waals surface area contributed by atoms with Gasteiger partial charge in [0.2, 0.25) is 15.9 Å². The maximum atomic E-state index is 13.9. The van der Waals surface area contributed by atoms with E-state index in [2.05, 4.69) is 0 Å². The van der Waals surface area contributed by atoms with E-state index < -0.39 is 26.6 Å². The van der Waals surface area contributed by atoms with Crippen LogP contribution in [0.25, 0.3) is 0 Å². The van der Waals surface area contributed by atoms with Gasteiger partial charge in [0.05, 0.1) is 0 Å². The number of amides is 1. The summed E-state index contributed by atoms with van der Waals surface area (Å²) in [5.41, 5.74) is 2.36. The standard InChI is InChI=1S/C21H24F2N2O3S/c1-16-8-10-17(11-9-16)4-2-7-20(26)24-12-14-25(15-13-24)29(27,28)21-18(22)5-3-6-19(21)23/h3,5-6,8-11H,2,4,7,12-15H2,1H3. The lowest BCUT2D eigenvalue weighted by atomic mass is 10.1. The van der Waals surface area contributed by atoms with Gasteiger partial charge in [-0.1, -0.05) is 35.9 Å². The van der Waals surface area contributed by atoms with Crippen LogP contribution in [0.5, 0.6) is 0 Å². The fourth-order valence-electron chi connectivity index (χ4n) is 3.39. The number of sulfonamides is 1. The van der Waals surface area contributed by atoms with Crippen LogP contribution in [0.3, 0.4) is 0 Å². The highest BCUT2D eigenvalue weighted by Gasteiger charge is 2.33. The molecule has 0 radical (unpaired) electrons. The largest absolute Gasteiger partial charge is 0.340 e. The Morgan fingerprint density at radius 1 is 0.966 bits per heavy atom. The predicted molar refractivity (Wildman–Crippen MR) is 106 cm³/mol. The molecule has 3 rings (SSSR count). The summed E-state index contributed by atoms with van der Waals surface area (Å²) in [4.78, 5) is 13.1. The monoisotopic (exact) mass is 422 g/mol. The molecule has 2 aromatic rings. The summed E-state index contributed by atoms with van der Waals surface area (Å²) in [7, 11) is -4.28. The highest BCUT2D eigenvalue weighted by atomic mass is 32.2. The van der Waals surface area contributed by atoms with Crippen molar-refractivity contribution in [3.05, 3.63) is 65.2 Å². The highest BCUT2D eigenvalue weighted by molar-refractivity contribution is 7.89. The molecular weight excluding hydrogens is 398 g/mol. The summed E-state index contributed by atoms with van der Waals surface area (Å²) in [5.74, 6) is -2.26. The van der Waals surface area contributed by atoms with Crippen LogP contribution in [0.2, 0.25) is 0 Å². The number of carbonyl (C=O) groups is 1. The van der Waals surface area contributed by atoms with Gasteiger partial charge in [0, 0.05) is 32.6 Å². The zero-order valence-electron chi connectivity index (χ0n) is 16.3. The summed E-state index contributed by atoms with van der Waals surface area (Å²) in [6.45, 7) is 2.46. The lowest BCUT2D eigenvalue weighted by Crippen LogP contribution is -2.50. The molecule has 1 amide bonds. The number of halogens is 2. The van der Waals surface area contributed by atoms with Crippen LogP contribution >= 0.6 is 0 Å². The van der Waals surface area contributed by atoms with Gasteiger partial charge in [-0.15, -0.1) is 0 Å². The Morgan fingerprint density at radius 3 is 2.14 bits per heavy atom. The lowest BCUT2D eigenvalue weighted by molar-refractivity contribution is -0.132. The molecule has 0 saturated carbocycles. The van der Waals surface area contributed by atoms with E-state index in [1.807, 2.05) is 31.2 Å². The molecule has 0 atom stereocenters. The van der Waals surface area contributed by atoms with E-state index in [4.69, 9.17) is 0 Å². The van der Waals surface area contributed by atoms with Crippen LogP contribution in [0, 0.1) is 18.6 Å². The predicted octanol–water partition coefficient (Wildman–Crippen LogP) is 3.13. The van der Waals surface area contributed by atoms with E-state index in [1.165, 1.54) is 11.1 Å². The van der Waals surface area contributed by atoms with Crippen LogP contribution in [0.4, 0.5) is 8.78 Å². The number of hydrogen-bond donors (Lipinski definition) is 0. The van der Waals surface area contributed by atoms with Crippen molar-refractivity contribution < 1.29 is 22.0 Å². The normalized spacial score (nSPS) is 15.5. The van der Waals surface area contributed by atoms with Gasteiger partial charge >= 0.3 is 0 Å². The smallest absolute Gasteiger partial charge is 0.249 e. The first kappa shape index (κ1) is 21.4. The Hall–Kier alpha value is -2.32. The quantitative estimate of drug-likeness (QED) is 0.719. The van der Waals surface area contributed by atoms with E-state index in [9.17, 15) is 22.0 Å². The number of hydrogen-bond acceptors (Lipinski definition) is 3. The Morgan fingerprint density at radius 2 is 1.55 bits per heavy atom. The van der Waals surface area contributed by atoms with Gasteiger partial charge in [0.15, 0.2) is 4.90 Å². The molecule has 5 nitrogen and oxygen atoms in total. The van der Waals surface area contributed by atoms with Crippen LogP contribution < -0.4 is 0 Å².